The summed E-state index contributed by atoms with van der Waals surface area (Å²) in [4.78, 5) is 16.6. The van der Waals surface area contributed by atoms with Crippen LogP contribution in [0.1, 0.15) is 17.0 Å². The van der Waals surface area contributed by atoms with Gasteiger partial charge in [-0.1, -0.05) is 59.2 Å². The van der Waals surface area contributed by atoms with E-state index in [0.29, 0.717) is 16.4 Å². The molecule has 0 saturated carbocycles. The second kappa shape index (κ2) is 9.38. The highest BCUT2D eigenvalue weighted by Gasteiger charge is 2.22. The van der Waals surface area contributed by atoms with Gasteiger partial charge in [-0.15, -0.1) is 0 Å². The maximum absolute atomic E-state index is 12.3. The van der Waals surface area contributed by atoms with E-state index in [1.807, 2.05) is 31.2 Å². The monoisotopic (exact) mass is 448 g/mol. The molecule has 0 aliphatic carbocycles. The van der Waals surface area contributed by atoms with Crippen molar-refractivity contribution < 1.29 is 17.7 Å². The molecule has 0 radical (unpaired) electrons. The third-order valence-electron chi connectivity index (χ3n) is 4.38. The zero-order valence-corrected chi connectivity index (χ0v) is 18.1. The van der Waals surface area contributed by atoms with Crippen molar-refractivity contribution in [3.8, 4) is 11.4 Å². The minimum atomic E-state index is -3.63. The molecule has 0 aliphatic heterocycles. The molecular formula is C20H21ClN4O4S. The summed E-state index contributed by atoms with van der Waals surface area (Å²) >= 11 is 6.11. The zero-order valence-electron chi connectivity index (χ0n) is 16.5. The van der Waals surface area contributed by atoms with Gasteiger partial charge in [-0.25, -0.2) is 8.42 Å². The standard InChI is InChI=1S/C20H21ClN4O4S/c1-14-7-3-5-9-16(14)20-23-19(29-24-20)11-22-18(26)13-25(30(2,27)28)12-15-8-4-6-10-17(15)21/h3-10H,11-13H2,1-2H3,(H,22,26). The van der Waals surface area contributed by atoms with Gasteiger partial charge in [0.25, 0.3) is 0 Å². The topological polar surface area (TPSA) is 105 Å². The van der Waals surface area contributed by atoms with Crippen molar-refractivity contribution in [3.63, 3.8) is 0 Å². The summed E-state index contributed by atoms with van der Waals surface area (Å²) in [6, 6.07) is 14.5. The van der Waals surface area contributed by atoms with Gasteiger partial charge in [-0.05, 0) is 24.1 Å². The Balaban J connectivity index is 1.62. The number of carbonyl (C=O) groups excluding carboxylic acids is 1. The smallest absolute Gasteiger partial charge is 0.246 e. The Labute approximate surface area is 179 Å². The van der Waals surface area contributed by atoms with Crippen LogP contribution in [0.4, 0.5) is 0 Å². The van der Waals surface area contributed by atoms with Crippen molar-refractivity contribution in [1.29, 1.82) is 0 Å². The summed E-state index contributed by atoms with van der Waals surface area (Å²) in [6.45, 7) is 1.56. The Morgan fingerprint density at radius 2 is 1.87 bits per heavy atom. The largest absolute Gasteiger partial charge is 0.346 e. The molecule has 0 bridgehead atoms. The fourth-order valence-electron chi connectivity index (χ4n) is 2.76. The Kier molecular flexibility index (Phi) is 6.86. The molecular weight excluding hydrogens is 428 g/mol. The summed E-state index contributed by atoms with van der Waals surface area (Å²) in [5, 5.41) is 6.97. The molecule has 0 aliphatic rings. The molecule has 8 nitrogen and oxygen atoms in total. The third-order valence-corrected chi connectivity index (χ3v) is 5.95. The van der Waals surface area contributed by atoms with Crippen molar-refractivity contribution in [1.82, 2.24) is 19.8 Å². The van der Waals surface area contributed by atoms with E-state index in [0.717, 1.165) is 21.7 Å². The Morgan fingerprint density at radius 1 is 1.17 bits per heavy atom. The van der Waals surface area contributed by atoms with E-state index < -0.39 is 15.9 Å². The Hall–Kier alpha value is -2.75. The molecule has 2 aromatic carbocycles. The number of aromatic nitrogens is 2. The molecule has 1 aromatic heterocycles. The molecule has 158 valence electrons. The minimum absolute atomic E-state index is 0.0100. The number of sulfonamides is 1. The lowest BCUT2D eigenvalue weighted by Crippen LogP contribution is -2.39. The highest BCUT2D eigenvalue weighted by atomic mass is 35.5. The van der Waals surface area contributed by atoms with E-state index in [-0.39, 0.29) is 25.5 Å². The Bertz CT molecular complexity index is 1150. The first-order valence-electron chi connectivity index (χ1n) is 9.08. The zero-order chi connectivity index (χ0) is 21.7. The SMILES string of the molecule is Cc1ccccc1-c1noc(CNC(=O)CN(Cc2ccccc2Cl)S(C)(=O)=O)n1. The van der Waals surface area contributed by atoms with Crippen LogP contribution in [0.2, 0.25) is 5.02 Å². The van der Waals surface area contributed by atoms with E-state index in [4.69, 9.17) is 16.1 Å². The van der Waals surface area contributed by atoms with Gasteiger partial charge >= 0.3 is 0 Å². The molecule has 1 N–H and O–H groups in total. The predicted octanol–water partition coefficient (Wildman–Crippen LogP) is 2.78. The van der Waals surface area contributed by atoms with Crippen molar-refractivity contribution in [2.45, 2.75) is 20.0 Å². The number of hydrogen-bond donors (Lipinski definition) is 1. The van der Waals surface area contributed by atoms with Gasteiger partial charge < -0.3 is 9.84 Å². The molecule has 0 fully saturated rings. The number of rotatable bonds is 8. The van der Waals surface area contributed by atoms with Gasteiger partial charge in [0, 0.05) is 17.1 Å². The van der Waals surface area contributed by atoms with Crippen LogP contribution in [-0.4, -0.2) is 41.6 Å². The van der Waals surface area contributed by atoms with E-state index in [9.17, 15) is 13.2 Å². The van der Waals surface area contributed by atoms with Gasteiger partial charge in [-0.3, -0.25) is 4.79 Å². The molecule has 1 amide bonds. The summed E-state index contributed by atoms with van der Waals surface area (Å²) in [7, 11) is -3.63. The summed E-state index contributed by atoms with van der Waals surface area (Å²) in [6.07, 6.45) is 1.05. The van der Waals surface area contributed by atoms with Crippen molar-refractivity contribution in [2.75, 3.05) is 12.8 Å². The predicted molar refractivity (Wildman–Crippen MR) is 113 cm³/mol. The lowest BCUT2D eigenvalue weighted by Gasteiger charge is -2.20. The van der Waals surface area contributed by atoms with Crippen LogP contribution < -0.4 is 5.32 Å². The van der Waals surface area contributed by atoms with Gasteiger partial charge in [0.15, 0.2) is 0 Å². The normalized spacial score (nSPS) is 11.6. The van der Waals surface area contributed by atoms with Crippen molar-refractivity contribution in [3.05, 3.63) is 70.6 Å². The fourth-order valence-corrected chi connectivity index (χ4v) is 3.68. The van der Waals surface area contributed by atoms with Crippen LogP contribution >= 0.6 is 11.6 Å². The number of aryl methyl sites for hydroxylation is 1. The molecule has 3 rings (SSSR count). The summed E-state index contributed by atoms with van der Waals surface area (Å²) in [5.41, 5.74) is 2.44. The Morgan fingerprint density at radius 3 is 2.57 bits per heavy atom. The second-order valence-electron chi connectivity index (χ2n) is 6.73. The average molecular weight is 449 g/mol. The fraction of sp³-hybridized carbons (Fsp3) is 0.250. The summed E-state index contributed by atoms with van der Waals surface area (Å²) < 4.78 is 30.5. The first-order chi connectivity index (χ1) is 14.2. The number of carbonyl (C=O) groups is 1. The molecule has 0 spiro atoms. The first-order valence-corrected chi connectivity index (χ1v) is 11.3. The van der Waals surface area contributed by atoms with E-state index in [1.165, 1.54) is 0 Å². The lowest BCUT2D eigenvalue weighted by atomic mass is 10.1. The van der Waals surface area contributed by atoms with Gasteiger partial charge in [-0.2, -0.15) is 9.29 Å². The van der Waals surface area contributed by atoms with Gasteiger partial charge in [0.2, 0.25) is 27.6 Å². The molecule has 3 aromatic rings. The maximum Gasteiger partial charge on any atom is 0.246 e. The van der Waals surface area contributed by atoms with Crippen LogP contribution in [0.25, 0.3) is 11.4 Å². The molecule has 0 saturated heterocycles. The number of nitrogens with one attached hydrogen (secondary N) is 1. The molecule has 10 heteroatoms. The van der Waals surface area contributed by atoms with Gasteiger partial charge in [0.05, 0.1) is 19.3 Å². The quantitative estimate of drug-likeness (QED) is 0.568. The molecule has 30 heavy (non-hydrogen) atoms. The lowest BCUT2D eigenvalue weighted by molar-refractivity contribution is -0.121. The number of amides is 1. The maximum atomic E-state index is 12.3. The molecule has 1 heterocycles. The van der Waals surface area contributed by atoms with Crippen LogP contribution in [0.5, 0.6) is 0 Å². The van der Waals surface area contributed by atoms with Crippen LogP contribution in [0, 0.1) is 6.92 Å². The molecule has 0 unspecified atom stereocenters. The van der Waals surface area contributed by atoms with E-state index in [1.54, 1.807) is 24.3 Å². The van der Waals surface area contributed by atoms with Gasteiger partial charge in [0.1, 0.15) is 0 Å². The average Bonchev–Trinajstić information content (AvgIpc) is 3.16. The third kappa shape index (κ3) is 5.65. The van der Waals surface area contributed by atoms with E-state index in [2.05, 4.69) is 15.5 Å². The first kappa shape index (κ1) is 21.9. The second-order valence-corrected chi connectivity index (χ2v) is 9.12. The van der Waals surface area contributed by atoms with Crippen LogP contribution in [-0.2, 0) is 27.9 Å². The van der Waals surface area contributed by atoms with Crippen LogP contribution in [0.3, 0.4) is 0 Å². The van der Waals surface area contributed by atoms with Crippen molar-refractivity contribution >= 4 is 27.5 Å². The van der Waals surface area contributed by atoms with Crippen molar-refractivity contribution in [2.24, 2.45) is 0 Å². The van der Waals surface area contributed by atoms with Crippen LogP contribution in [0.15, 0.2) is 53.1 Å². The number of halogens is 1. The number of benzene rings is 2. The highest BCUT2D eigenvalue weighted by molar-refractivity contribution is 7.88. The number of hydrogen-bond acceptors (Lipinski definition) is 6. The summed E-state index contributed by atoms with van der Waals surface area (Å²) in [5.74, 6) is 0.149. The minimum Gasteiger partial charge on any atom is -0.346 e. The molecule has 0 atom stereocenters. The highest BCUT2D eigenvalue weighted by Crippen LogP contribution is 2.20. The van der Waals surface area contributed by atoms with E-state index >= 15 is 0 Å². The number of nitrogens with zero attached hydrogens (tertiary/aromatic N) is 3.